The molecule has 7 nitrogen and oxygen atoms in total. The Bertz CT molecular complexity index is 1010. The van der Waals surface area contributed by atoms with E-state index in [2.05, 4.69) is 4.98 Å². The molecule has 1 N–H and O–H groups in total. The van der Waals surface area contributed by atoms with Crippen LogP contribution < -0.4 is 15.0 Å². The minimum absolute atomic E-state index is 0.0405. The Morgan fingerprint density at radius 3 is 2.53 bits per heavy atom. The summed E-state index contributed by atoms with van der Waals surface area (Å²) >= 11 is 0. The number of methoxy groups -OCH3 is 2. The lowest BCUT2D eigenvalue weighted by Gasteiger charge is -2.45. The fraction of sp³-hybridized carbons (Fsp3) is 0.478. The number of aryl methyl sites for hydroxylation is 1. The van der Waals surface area contributed by atoms with E-state index in [9.17, 15) is 9.59 Å². The minimum Gasteiger partial charge on any atom is -0.493 e. The number of hydrogen-bond donors (Lipinski definition) is 1. The highest BCUT2D eigenvalue weighted by Crippen LogP contribution is 2.45. The van der Waals surface area contributed by atoms with Crippen LogP contribution in [0.25, 0.3) is 0 Å². The van der Waals surface area contributed by atoms with E-state index >= 15 is 0 Å². The predicted molar refractivity (Wildman–Crippen MR) is 112 cm³/mol. The van der Waals surface area contributed by atoms with Crippen LogP contribution in [-0.4, -0.2) is 49.7 Å². The topological polar surface area (TPSA) is 80.9 Å². The van der Waals surface area contributed by atoms with Gasteiger partial charge in [-0.15, -0.1) is 0 Å². The standard InChI is InChI=1S/C23H28N2O5/c1-4-18-16(5-6-21(26)24-18)22(27)25-10-8-23(9-11-25)17-14-20(29-3)19(28-2)13-15(17)7-12-30-23/h5-6,13-14H,4,7-12H2,1-3H3,(H,24,26). The van der Waals surface area contributed by atoms with E-state index in [0.717, 1.165) is 17.7 Å². The van der Waals surface area contributed by atoms with Crippen LogP contribution in [0.5, 0.6) is 11.5 Å². The van der Waals surface area contributed by atoms with E-state index in [1.54, 1.807) is 20.3 Å². The van der Waals surface area contributed by atoms with Gasteiger partial charge in [0.05, 0.1) is 32.0 Å². The molecule has 1 aromatic heterocycles. The quantitative estimate of drug-likeness (QED) is 0.835. The fourth-order valence-corrected chi connectivity index (χ4v) is 4.64. The molecule has 1 aromatic carbocycles. The third kappa shape index (κ3) is 3.47. The van der Waals surface area contributed by atoms with E-state index in [4.69, 9.17) is 14.2 Å². The summed E-state index contributed by atoms with van der Waals surface area (Å²) in [5.41, 5.74) is 3.01. The summed E-state index contributed by atoms with van der Waals surface area (Å²) in [5, 5.41) is 0. The monoisotopic (exact) mass is 412 g/mol. The third-order valence-corrected chi connectivity index (χ3v) is 6.29. The summed E-state index contributed by atoms with van der Waals surface area (Å²) in [6.45, 7) is 3.77. The summed E-state index contributed by atoms with van der Waals surface area (Å²) < 4.78 is 17.3. The molecule has 0 atom stereocenters. The molecule has 0 bridgehead atoms. The molecule has 0 saturated carbocycles. The normalized spacial score (nSPS) is 17.5. The Labute approximate surface area is 175 Å². The zero-order valence-corrected chi connectivity index (χ0v) is 17.7. The van der Waals surface area contributed by atoms with Crippen molar-refractivity contribution in [2.75, 3.05) is 33.9 Å². The van der Waals surface area contributed by atoms with Crippen molar-refractivity contribution < 1.29 is 19.0 Å². The van der Waals surface area contributed by atoms with Gasteiger partial charge in [0.15, 0.2) is 11.5 Å². The Hall–Kier alpha value is -2.80. The Morgan fingerprint density at radius 1 is 1.17 bits per heavy atom. The molecule has 7 heteroatoms. The van der Waals surface area contributed by atoms with Gasteiger partial charge in [-0.2, -0.15) is 0 Å². The average Bonchev–Trinajstić information content (AvgIpc) is 2.78. The smallest absolute Gasteiger partial charge is 0.255 e. The van der Waals surface area contributed by atoms with Crippen molar-refractivity contribution in [1.82, 2.24) is 9.88 Å². The van der Waals surface area contributed by atoms with Crippen LogP contribution >= 0.6 is 0 Å². The van der Waals surface area contributed by atoms with Crippen LogP contribution in [0.1, 0.15) is 46.9 Å². The fourth-order valence-electron chi connectivity index (χ4n) is 4.64. The molecular weight excluding hydrogens is 384 g/mol. The summed E-state index contributed by atoms with van der Waals surface area (Å²) in [5.74, 6) is 1.38. The number of aromatic nitrogens is 1. The van der Waals surface area contributed by atoms with Gasteiger partial charge in [-0.25, -0.2) is 0 Å². The number of benzene rings is 1. The van der Waals surface area contributed by atoms with Crippen molar-refractivity contribution in [3.63, 3.8) is 0 Å². The second-order valence-corrected chi connectivity index (χ2v) is 7.82. The third-order valence-electron chi connectivity index (χ3n) is 6.29. The number of nitrogens with one attached hydrogen (secondary N) is 1. The molecule has 0 unspecified atom stereocenters. The number of hydrogen-bond acceptors (Lipinski definition) is 5. The first-order valence-electron chi connectivity index (χ1n) is 10.4. The predicted octanol–water partition coefficient (Wildman–Crippen LogP) is 2.66. The summed E-state index contributed by atoms with van der Waals surface area (Å²) in [6, 6.07) is 7.12. The highest BCUT2D eigenvalue weighted by atomic mass is 16.5. The lowest BCUT2D eigenvalue weighted by Crippen LogP contribution is -2.48. The molecule has 0 aliphatic carbocycles. The van der Waals surface area contributed by atoms with E-state index in [0.29, 0.717) is 56.0 Å². The van der Waals surface area contributed by atoms with Gasteiger partial charge in [-0.05, 0) is 55.0 Å². The van der Waals surface area contributed by atoms with Crippen molar-refractivity contribution in [3.05, 3.63) is 57.0 Å². The maximum atomic E-state index is 13.1. The van der Waals surface area contributed by atoms with Gasteiger partial charge >= 0.3 is 0 Å². The van der Waals surface area contributed by atoms with Crippen molar-refractivity contribution in [2.24, 2.45) is 0 Å². The van der Waals surface area contributed by atoms with Crippen molar-refractivity contribution >= 4 is 5.91 Å². The number of likely N-dealkylation sites (tertiary alicyclic amines) is 1. The van der Waals surface area contributed by atoms with Crippen LogP contribution in [0.15, 0.2) is 29.1 Å². The van der Waals surface area contributed by atoms with Gasteiger partial charge in [-0.1, -0.05) is 6.92 Å². The average molecular weight is 412 g/mol. The molecule has 1 spiro atoms. The zero-order valence-electron chi connectivity index (χ0n) is 17.7. The number of amides is 1. The molecular formula is C23H28N2O5. The minimum atomic E-state index is -0.414. The SMILES string of the molecule is CCc1[nH]c(=O)ccc1C(=O)N1CCC2(CC1)OCCc1cc(OC)c(OC)cc12. The number of rotatable bonds is 4. The molecule has 1 saturated heterocycles. The van der Waals surface area contributed by atoms with E-state index < -0.39 is 5.60 Å². The number of nitrogens with zero attached hydrogens (tertiary/aromatic N) is 1. The van der Waals surface area contributed by atoms with Gasteiger partial charge in [0.25, 0.3) is 5.91 Å². The number of H-pyrrole nitrogens is 1. The van der Waals surface area contributed by atoms with Gasteiger partial charge in [-0.3, -0.25) is 9.59 Å². The Kier molecular flexibility index (Phi) is 5.56. The summed E-state index contributed by atoms with van der Waals surface area (Å²) in [6.07, 6.45) is 2.86. The summed E-state index contributed by atoms with van der Waals surface area (Å²) in [4.78, 5) is 29.4. The molecule has 4 rings (SSSR count). The molecule has 1 fully saturated rings. The molecule has 30 heavy (non-hydrogen) atoms. The zero-order chi connectivity index (χ0) is 21.3. The van der Waals surface area contributed by atoms with Crippen LogP contribution in [0.2, 0.25) is 0 Å². The van der Waals surface area contributed by atoms with Crippen LogP contribution in [-0.2, 0) is 23.2 Å². The largest absolute Gasteiger partial charge is 0.493 e. The second kappa shape index (κ2) is 8.14. The number of carbonyl (C=O) groups excluding carboxylic acids is 1. The molecule has 2 aliphatic heterocycles. The molecule has 2 aromatic rings. The number of pyridine rings is 1. The van der Waals surface area contributed by atoms with Crippen molar-refractivity contribution in [1.29, 1.82) is 0 Å². The van der Waals surface area contributed by atoms with Gasteiger partial charge < -0.3 is 24.1 Å². The maximum Gasteiger partial charge on any atom is 0.255 e. The maximum absolute atomic E-state index is 13.1. The Balaban J connectivity index is 1.58. The van der Waals surface area contributed by atoms with Crippen molar-refractivity contribution in [3.8, 4) is 11.5 Å². The summed E-state index contributed by atoms with van der Waals surface area (Å²) in [7, 11) is 3.28. The van der Waals surface area contributed by atoms with E-state index in [1.165, 1.54) is 11.6 Å². The molecule has 0 radical (unpaired) electrons. The molecule has 3 heterocycles. The number of carbonyl (C=O) groups is 1. The first kappa shape index (κ1) is 20.5. The van der Waals surface area contributed by atoms with E-state index in [-0.39, 0.29) is 11.5 Å². The number of fused-ring (bicyclic) bond motifs is 2. The lowest BCUT2D eigenvalue weighted by molar-refractivity contribution is -0.0936. The number of ether oxygens (including phenoxy) is 3. The van der Waals surface area contributed by atoms with Gasteiger partial charge in [0.2, 0.25) is 5.56 Å². The Morgan fingerprint density at radius 2 is 1.87 bits per heavy atom. The molecule has 2 aliphatic rings. The van der Waals surface area contributed by atoms with Crippen LogP contribution in [0.4, 0.5) is 0 Å². The number of aromatic amines is 1. The molecule has 1 amide bonds. The van der Waals surface area contributed by atoms with Crippen LogP contribution in [0.3, 0.4) is 0 Å². The van der Waals surface area contributed by atoms with E-state index in [1.807, 2.05) is 24.0 Å². The second-order valence-electron chi connectivity index (χ2n) is 7.82. The van der Waals surface area contributed by atoms with Gasteiger partial charge in [0, 0.05) is 24.8 Å². The number of piperidine rings is 1. The first-order chi connectivity index (χ1) is 14.5. The lowest BCUT2D eigenvalue weighted by atomic mass is 9.79. The van der Waals surface area contributed by atoms with Crippen LogP contribution in [0, 0.1) is 0 Å². The molecule has 160 valence electrons. The first-order valence-corrected chi connectivity index (χ1v) is 10.4. The highest BCUT2D eigenvalue weighted by molar-refractivity contribution is 5.95. The van der Waals surface area contributed by atoms with Crippen molar-refractivity contribution in [2.45, 2.75) is 38.2 Å². The van der Waals surface area contributed by atoms with Gasteiger partial charge in [0.1, 0.15) is 0 Å². The highest BCUT2D eigenvalue weighted by Gasteiger charge is 2.42.